The van der Waals surface area contributed by atoms with Crippen LogP contribution in [0.15, 0.2) is 16.6 Å². The summed E-state index contributed by atoms with van der Waals surface area (Å²) in [5.74, 6) is -1.66. The molecule has 0 aliphatic carbocycles. The van der Waals surface area contributed by atoms with Gasteiger partial charge < -0.3 is 5.73 Å². The van der Waals surface area contributed by atoms with Crippen molar-refractivity contribution in [3.8, 4) is 0 Å². The molecule has 0 bridgehead atoms. The number of hydrogen-bond acceptors (Lipinski definition) is 2. The molecule has 1 atom stereocenters. The Labute approximate surface area is 120 Å². The Morgan fingerprint density at radius 2 is 2.00 bits per heavy atom. The maximum Gasteiger partial charge on any atom is 0.143 e. The summed E-state index contributed by atoms with van der Waals surface area (Å²) in [4.78, 5) is 12.1. The molecule has 0 radical (unpaired) electrons. The van der Waals surface area contributed by atoms with E-state index in [0.717, 1.165) is 6.07 Å². The Hall–Kier alpha value is -0.810. The maximum absolute atomic E-state index is 13.8. The first-order chi connectivity index (χ1) is 8.86. The van der Waals surface area contributed by atoms with E-state index < -0.39 is 11.6 Å². The lowest BCUT2D eigenvalue weighted by molar-refractivity contribution is -0.122. The summed E-state index contributed by atoms with van der Waals surface area (Å²) < 4.78 is 27.5. The lowest BCUT2D eigenvalue weighted by Gasteiger charge is -2.16. The van der Waals surface area contributed by atoms with Crippen LogP contribution in [0.2, 0.25) is 0 Å². The van der Waals surface area contributed by atoms with Crippen molar-refractivity contribution in [3.05, 3.63) is 33.8 Å². The van der Waals surface area contributed by atoms with Crippen molar-refractivity contribution in [3.63, 3.8) is 0 Å². The Bertz CT molecular complexity index is 463. The first-order valence-corrected chi connectivity index (χ1v) is 7.01. The molecule has 1 rings (SSSR count). The molecule has 106 valence electrons. The zero-order valence-corrected chi connectivity index (χ0v) is 12.6. The van der Waals surface area contributed by atoms with Gasteiger partial charge in [-0.3, -0.25) is 4.79 Å². The first kappa shape index (κ1) is 16.2. The molecule has 2 nitrogen and oxygen atoms in total. The summed E-state index contributed by atoms with van der Waals surface area (Å²) in [6, 6.07) is 2.43. The predicted molar refractivity (Wildman–Crippen MR) is 74.8 cm³/mol. The Morgan fingerprint density at radius 1 is 1.37 bits per heavy atom. The number of rotatable bonds is 6. The summed E-state index contributed by atoms with van der Waals surface area (Å²) in [5, 5.41) is 0. The van der Waals surface area contributed by atoms with E-state index >= 15 is 0 Å². The second-order valence-corrected chi connectivity index (χ2v) is 5.88. The van der Waals surface area contributed by atoms with Crippen molar-refractivity contribution in [2.45, 2.75) is 26.7 Å². The molecule has 0 amide bonds. The molecular weight excluding hydrogens is 316 g/mol. The number of halogens is 3. The molecule has 19 heavy (non-hydrogen) atoms. The van der Waals surface area contributed by atoms with Crippen LogP contribution in [0.5, 0.6) is 0 Å². The molecule has 0 saturated carbocycles. The molecule has 1 aromatic carbocycles. The van der Waals surface area contributed by atoms with Gasteiger partial charge in [-0.2, -0.15) is 0 Å². The second kappa shape index (κ2) is 7.10. The van der Waals surface area contributed by atoms with E-state index in [1.807, 2.05) is 13.8 Å². The molecule has 0 saturated heterocycles. The number of carbonyl (C=O) groups is 1. The number of ketones is 1. The molecule has 1 unspecified atom stereocenters. The first-order valence-electron chi connectivity index (χ1n) is 6.22. The Kier molecular flexibility index (Phi) is 6.07. The van der Waals surface area contributed by atoms with Gasteiger partial charge >= 0.3 is 0 Å². The fourth-order valence-corrected chi connectivity index (χ4v) is 2.35. The van der Waals surface area contributed by atoms with Gasteiger partial charge in [0.05, 0.1) is 4.47 Å². The van der Waals surface area contributed by atoms with Gasteiger partial charge in [0.1, 0.15) is 17.4 Å². The summed E-state index contributed by atoms with van der Waals surface area (Å²) >= 11 is 2.99. The Balaban J connectivity index is 2.90. The van der Waals surface area contributed by atoms with Gasteiger partial charge in [0.2, 0.25) is 0 Å². The molecule has 0 fully saturated rings. The van der Waals surface area contributed by atoms with Crippen molar-refractivity contribution < 1.29 is 13.6 Å². The average molecular weight is 334 g/mol. The minimum atomic E-state index is -0.714. The third-order valence-electron chi connectivity index (χ3n) is 2.99. The molecule has 0 aromatic heterocycles. The van der Waals surface area contributed by atoms with Gasteiger partial charge in [0.25, 0.3) is 0 Å². The number of benzene rings is 1. The summed E-state index contributed by atoms with van der Waals surface area (Å²) in [6.45, 7) is 4.17. The van der Waals surface area contributed by atoms with Crippen LogP contribution in [0.4, 0.5) is 8.78 Å². The highest BCUT2D eigenvalue weighted by Gasteiger charge is 2.22. The number of hydrogen-bond donors (Lipinski definition) is 1. The monoisotopic (exact) mass is 333 g/mol. The minimum Gasteiger partial charge on any atom is -0.330 e. The van der Waals surface area contributed by atoms with Gasteiger partial charge in [-0.15, -0.1) is 0 Å². The van der Waals surface area contributed by atoms with E-state index in [1.165, 1.54) is 6.07 Å². The maximum atomic E-state index is 13.8. The van der Waals surface area contributed by atoms with E-state index in [1.54, 1.807) is 0 Å². The molecule has 2 N–H and O–H groups in total. The van der Waals surface area contributed by atoms with Crippen LogP contribution in [-0.2, 0) is 11.2 Å². The summed E-state index contributed by atoms with van der Waals surface area (Å²) in [6.07, 6.45) is 0.373. The molecule has 0 aliphatic heterocycles. The SMILES string of the molecule is CC(C)CC(CN)C(=O)Cc1c(F)ccc(Br)c1F. The number of nitrogens with two attached hydrogens (primary N) is 1. The van der Waals surface area contributed by atoms with Crippen molar-refractivity contribution in [1.82, 2.24) is 0 Å². The quantitative estimate of drug-likeness (QED) is 0.810. The topological polar surface area (TPSA) is 43.1 Å². The zero-order chi connectivity index (χ0) is 14.6. The second-order valence-electron chi connectivity index (χ2n) is 5.03. The lowest BCUT2D eigenvalue weighted by atomic mass is 9.90. The largest absolute Gasteiger partial charge is 0.330 e. The molecule has 5 heteroatoms. The average Bonchev–Trinajstić information content (AvgIpc) is 2.35. The highest BCUT2D eigenvalue weighted by molar-refractivity contribution is 9.10. The normalized spacial score (nSPS) is 12.8. The van der Waals surface area contributed by atoms with Crippen LogP contribution in [0, 0.1) is 23.5 Å². The van der Waals surface area contributed by atoms with E-state index in [2.05, 4.69) is 15.9 Å². The van der Waals surface area contributed by atoms with Gasteiger partial charge in [-0.1, -0.05) is 13.8 Å². The standard InChI is InChI=1S/C14H18BrF2NO/c1-8(2)5-9(7-18)13(19)6-10-12(16)4-3-11(15)14(10)17/h3-4,8-9H,5-7,18H2,1-2H3. The van der Waals surface area contributed by atoms with Gasteiger partial charge in [0, 0.05) is 24.4 Å². The van der Waals surface area contributed by atoms with Crippen LogP contribution in [0.1, 0.15) is 25.8 Å². The third kappa shape index (κ3) is 4.35. The van der Waals surface area contributed by atoms with Gasteiger partial charge in [-0.25, -0.2) is 8.78 Å². The molecule has 0 aliphatic rings. The van der Waals surface area contributed by atoms with Crippen LogP contribution in [-0.4, -0.2) is 12.3 Å². The van der Waals surface area contributed by atoms with E-state index in [0.29, 0.717) is 12.3 Å². The van der Waals surface area contributed by atoms with E-state index in [-0.39, 0.29) is 34.7 Å². The minimum absolute atomic E-state index is 0.157. The van der Waals surface area contributed by atoms with E-state index in [9.17, 15) is 13.6 Å². The molecule has 0 heterocycles. The van der Waals surface area contributed by atoms with Crippen LogP contribution >= 0.6 is 15.9 Å². The number of Topliss-reactive ketones (excluding diaryl/α,β-unsaturated/α-hetero) is 1. The van der Waals surface area contributed by atoms with Crippen LogP contribution in [0.3, 0.4) is 0 Å². The summed E-state index contributed by atoms with van der Waals surface area (Å²) in [5.41, 5.74) is 5.37. The fourth-order valence-electron chi connectivity index (χ4n) is 1.98. The number of carbonyl (C=O) groups excluding carboxylic acids is 1. The molecular formula is C14H18BrF2NO. The van der Waals surface area contributed by atoms with Crippen molar-refractivity contribution in [2.24, 2.45) is 17.6 Å². The zero-order valence-electron chi connectivity index (χ0n) is 11.1. The van der Waals surface area contributed by atoms with E-state index in [4.69, 9.17) is 5.73 Å². The van der Waals surface area contributed by atoms with Crippen molar-refractivity contribution >= 4 is 21.7 Å². The summed E-state index contributed by atoms with van der Waals surface area (Å²) in [7, 11) is 0. The predicted octanol–water partition coefficient (Wildman–Crippen LogP) is 3.46. The lowest BCUT2D eigenvalue weighted by Crippen LogP contribution is -2.27. The molecule has 0 spiro atoms. The van der Waals surface area contributed by atoms with Gasteiger partial charge in [-0.05, 0) is 40.4 Å². The highest BCUT2D eigenvalue weighted by atomic mass is 79.9. The van der Waals surface area contributed by atoms with Crippen molar-refractivity contribution in [1.29, 1.82) is 0 Å². The fraction of sp³-hybridized carbons (Fsp3) is 0.500. The third-order valence-corrected chi connectivity index (χ3v) is 3.60. The van der Waals surface area contributed by atoms with Gasteiger partial charge in [0.15, 0.2) is 0 Å². The molecule has 1 aromatic rings. The van der Waals surface area contributed by atoms with Crippen molar-refractivity contribution in [2.75, 3.05) is 6.54 Å². The van der Waals surface area contributed by atoms with Crippen LogP contribution in [0.25, 0.3) is 0 Å². The smallest absolute Gasteiger partial charge is 0.143 e. The highest BCUT2D eigenvalue weighted by Crippen LogP contribution is 2.23. The Morgan fingerprint density at radius 3 is 2.53 bits per heavy atom. The van der Waals surface area contributed by atoms with Crippen LogP contribution < -0.4 is 5.73 Å².